The second kappa shape index (κ2) is 6.03. The Hall–Kier alpha value is -0.520. The Kier molecular flexibility index (Phi) is 4.25. The molecule has 2 aliphatic heterocycles. The number of carbonyl (C=O) groups is 1. The van der Waals surface area contributed by atoms with Crippen LogP contribution >= 0.6 is 11.8 Å². The predicted octanol–water partition coefficient (Wildman–Crippen LogP) is 2.61. The van der Waals surface area contributed by atoms with Gasteiger partial charge in [-0.1, -0.05) is 12.5 Å². The standard InChI is InChI=1S/C19H29NO3S/c1-13-4-3-5-18(2)6-7-19(22)14(12-20-8-10-24-11-9-20)17(21)23-16(19)15(13)18/h14,16,22H,3-12H2,1-2H3/t14?,16-,18+,19?/m0/s1. The monoisotopic (exact) mass is 351 g/mol. The Balaban J connectivity index is 1.63. The van der Waals surface area contributed by atoms with Crippen LogP contribution in [0.15, 0.2) is 11.1 Å². The third-order valence-electron chi connectivity index (χ3n) is 6.85. The van der Waals surface area contributed by atoms with Gasteiger partial charge in [-0.15, -0.1) is 0 Å². The fourth-order valence-electron chi connectivity index (χ4n) is 5.38. The van der Waals surface area contributed by atoms with E-state index in [2.05, 4.69) is 18.7 Å². The van der Waals surface area contributed by atoms with E-state index < -0.39 is 17.6 Å². The Morgan fingerprint density at radius 2 is 2.04 bits per heavy atom. The molecule has 134 valence electrons. The van der Waals surface area contributed by atoms with Crippen LogP contribution in [0.3, 0.4) is 0 Å². The highest BCUT2D eigenvalue weighted by Crippen LogP contribution is 2.57. The molecule has 1 saturated carbocycles. The van der Waals surface area contributed by atoms with Gasteiger partial charge in [-0.05, 0) is 50.0 Å². The van der Waals surface area contributed by atoms with Gasteiger partial charge in [-0.2, -0.15) is 11.8 Å². The van der Waals surface area contributed by atoms with Crippen LogP contribution in [0, 0.1) is 11.3 Å². The van der Waals surface area contributed by atoms with Crippen molar-refractivity contribution in [1.29, 1.82) is 0 Å². The maximum Gasteiger partial charge on any atom is 0.314 e. The number of hydrogen-bond donors (Lipinski definition) is 1. The van der Waals surface area contributed by atoms with Crippen molar-refractivity contribution in [2.75, 3.05) is 31.1 Å². The summed E-state index contributed by atoms with van der Waals surface area (Å²) < 4.78 is 5.85. The van der Waals surface area contributed by atoms with Crippen LogP contribution in [0.5, 0.6) is 0 Å². The van der Waals surface area contributed by atoms with Crippen molar-refractivity contribution in [3.63, 3.8) is 0 Å². The molecule has 0 bridgehead atoms. The molecule has 4 aliphatic rings. The maximum atomic E-state index is 12.7. The van der Waals surface area contributed by atoms with Gasteiger partial charge < -0.3 is 14.7 Å². The van der Waals surface area contributed by atoms with Gasteiger partial charge >= 0.3 is 5.97 Å². The van der Waals surface area contributed by atoms with E-state index in [4.69, 9.17) is 4.74 Å². The van der Waals surface area contributed by atoms with E-state index >= 15 is 0 Å². The second-order valence-corrected chi connectivity index (χ2v) is 9.61. The first-order valence-corrected chi connectivity index (χ1v) is 10.5. The summed E-state index contributed by atoms with van der Waals surface area (Å²) in [6.07, 6.45) is 4.67. The molecule has 0 amide bonds. The number of ether oxygens (including phenoxy) is 1. The van der Waals surface area contributed by atoms with E-state index in [9.17, 15) is 9.90 Å². The summed E-state index contributed by atoms with van der Waals surface area (Å²) in [5.41, 5.74) is 1.69. The number of esters is 1. The normalized spacial score (nSPS) is 43.4. The highest BCUT2D eigenvalue weighted by Gasteiger charge is 2.63. The molecule has 2 heterocycles. The molecule has 0 aromatic rings. The summed E-state index contributed by atoms with van der Waals surface area (Å²) >= 11 is 1.97. The van der Waals surface area contributed by atoms with Crippen molar-refractivity contribution < 1.29 is 14.6 Å². The molecule has 4 rings (SSSR count). The second-order valence-electron chi connectivity index (χ2n) is 8.38. The number of thioether (sulfide) groups is 1. The lowest BCUT2D eigenvalue weighted by Crippen LogP contribution is -2.55. The van der Waals surface area contributed by atoms with Crippen molar-refractivity contribution >= 4 is 17.7 Å². The minimum absolute atomic E-state index is 0.107. The van der Waals surface area contributed by atoms with E-state index in [1.54, 1.807) is 0 Å². The topological polar surface area (TPSA) is 49.8 Å². The molecule has 0 spiro atoms. The third-order valence-corrected chi connectivity index (χ3v) is 7.79. The minimum atomic E-state index is -1.00. The van der Waals surface area contributed by atoms with E-state index in [1.807, 2.05) is 11.8 Å². The van der Waals surface area contributed by atoms with Gasteiger partial charge in [-0.3, -0.25) is 4.79 Å². The number of aliphatic hydroxyl groups is 1. The quantitative estimate of drug-likeness (QED) is 0.612. The highest BCUT2D eigenvalue weighted by molar-refractivity contribution is 7.99. The lowest BCUT2D eigenvalue weighted by molar-refractivity contribution is -0.144. The van der Waals surface area contributed by atoms with Crippen LogP contribution < -0.4 is 0 Å². The zero-order valence-corrected chi connectivity index (χ0v) is 15.7. The van der Waals surface area contributed by atoms with Crippen LogP contribution in [0.2, 0.25) is 0 Å². The first-order chi connectivity index (χ1) is 11.4. The van der Waals surface area contributed by atoms with Gasteiger partial charge in [0.1, 0.15) is 11.5 Å². The lowest BCUT2D eigenvalue weighted by atomic mass is 9.58. The summed E-state index contributed by atoms with van der Waals surface area (Å²) in [5, 5.41) is 11.5. The van der Waals surface area contributed by atoms with Crippen molar-refractivity contribution in [2.24, 2.45) is 11.3 Å². The molecular formula is C19H29NO3S. The first-order valence-electron chi connectivity index (χ1n) is 9.37. The Morgan fingerprint density at radius 1 is 1.29 bits per heavy atom. The van der Waals surface area contributed by atoms with Gasteiger partial charge in [0.15, 0.2) is 6.10 Å². The average molecular weight is 352 g/mol. The van der Waals surface area contributed by atoms with Gasteiger partial charge in [0.2, 0.25) is 0 Å². The average Bonchev–Trinajstić information content (AvgIpc) is 2.80. The summed E-state index contributed by atoms with van der Waals surface area (Å²) in [6.45, 7) is 7.13. The van der Waals surface area contributed by atoms with Crippen molar-refractivity contribution in [2.45, 2.75) is 57.7 Å². The van der Waals surface area contributed by atoms with E-state index in [-0.39, 0.29) is 11.4 Å². The number of rotatable bonds is 2. The SMILES string of the molecule is CC1=C2[C@@H]3OC(=O)C(CN4CCSCC4)C3(O)CC[C@@]2(C)CCC1. The molecule has 4 nitrogen and oxygen atoms in total. The Labute approximate surface area is 149 Å². The molecule has 2 aliphatic carbocycles. The van der Waals surface area contributed by atoms with Gasteiger partial charge in [0.05, 0.1) is 0 Å². The molecule has 0 radical (unpaired) electrons. The van der Waals surface area contributed by atoms with Crippen LogP contribution in [-0.2, 0) is 9.53 Å². The number of hydrogen-bond acceptors (Lipinski definition) is 5. The molecule has 0 aromatic carbocycles. The number of nitrogens with zero attached hydrogens (tertiary/aromatic N) is 1. The van der Waals surface area contributed by atoms with E-state index in [0.29, 0.717) is 13.0 Å². The maximum absolute atomic E-state index is 12.7. The molecule has 24 heavy (non-hydrogen) atoms. The molecule has 2 saturated heterocycles. The van der Waals surface area contributed by atoms with E-state index in [0.717, 1.165) is 43.9 Å². The number of carbonyl (C=O) groups excluding carboxylic acids is 1. The van der Waals surface area contributed by atoms with Crippen molar-refractivity contribution in [3.8, 4) is 0 Å². The fourth-order valence-corrected chi connectivity index (χ4v) is 6.36. The van der Waals surface area contributed by atoms with E-state index in [1.165, 1.54) is 17.6 Å². The molecular weight excluding hydrogens is 322 g/mol. The largest absolute Gasteiger partial charge is 0.454 e. The van der Waals surface area contributed by atoms with Gasteiger partial charge in [0, 0.05) is 31.1 Å². The summed E-state index contributed by atoms with van der Waals surface area (Å²) in [5.74, 6) is 1.66. The molecule has 3 fully saturated rings. The Morgan fingerprint density at radius 3 is 2.79 bits per heavy atom. The summed E-state index contributed by atoms with van der Waals surface area (Å²) in [7, 11) is 0. The van der Waals surface area contributed by atoms with Crippen molar-refractivity contribution in [3.05, 3.63) is 11.1 Å². The number of fused-ring (bicyclic) bond motifs is 3. The zero-order chi connectivity index (χ0) is 16.9. The van der Waals surface area contributed by atoms with Gasteiger partial charge in [0.25, 0.3) is 0 Å². The zero-order valence-electron chi connectivity index (χ0n) is 14.8. The first kappa shape index (κ1) is 16.9. The van der Waals surface area contributed by atoms with Crippen molar-refractivity contribution in [1.82, 2.24) is 4.90 Å². The molecule has 2 unspecified atom stereocenters. The number of allylic oxidation sites excluding steroid dienone is 1. The molecule has 5 heteroatoms. The summed E-state index contributed by atoms with van der Waals surface area (Å²) in [4.78, 5) is 15.0. The molecule has 0 aromatic heterocycles. The molecule has 1 N–H and O–H groups in total. The lowest BCUT2D eigenvalue weighted by Gasteiger charge is -2.49. The minimum Gasteiger partial charge on any atom is -0.454 e. The highest BCUT2D eigenvalue weighted by atomic mass is 32.2. The predicted molar refractivity (Wildman–Crippen MR) is 96.0 cm³/mol. The Bertz CT molecular complexity index is 571. The van der Waals surface area contributed by atoms with Crippen LogP contribution in [0.4, 0.5) is 0 Å². The van der Waals surface area contributed by atoms with Gasteiger partial charge in [-0.25, -0.2) is 0 Å². The van der Waals surface area contributed by atoms with Crippen LogP contribution in [0.1, 0.15) is 46.0 Å². The smallest absolute Gasteiger partial charge is 0.314 e. The van der Waals surface area contributed by atoms with Crippen LogP contribution in [-0.4, -0.2) is 58.8 Å². The summed E-state index contributed by atoms with van der Waals surface area (Å²) in [6, 6.07) is 0. The fraction of sp³-hybridized carbons (Fsp3) is 0.842. The molecule has 4 atom stereocenters. The van der Waals surface area contributed by atoms with Crippen LogP contribution in [0.25, 0.3) is 0 Å². The third kappa shape index (κ3) is 2.55.